The maximum atomic E-state index is 12.5. The maximum absolute atomic E-state index is 12.5. The number of aromatic nitrogens is 4. The number of nitrogens with one attached hydrogen (secondary N) is 1. The molecule has 1 saturated heterocycles. The van der Waals surface area contributed by atoms with Gasteiger partial charge >= 0.3 is 0 Å². The minimum atomic E-state index is -0.613. The van der Waals surface area contributed by atoms with Gasteiger partial charge in [0.2, 0.25) is 5.16 Å². The molecule has 0 radical (unpaired) electrons. The number of thioether (sulfide) groups is 1. The van der Waals surface area contributed by atoms with Gasteiger partial charge in [0.15, 0.2) is 6.29 Å². The van der Waals surface area contributed by atoms with Crippen molar-refractivity contribution in [3.8, 4) is 11.4 Å². The summed E-state index contributed by atoms with van der Waals surface area (Å²) in [6.07, 6.45) is -0.411. The summed E-state index contributed by atoms with van der Waals surface area (Å²) in [6, 6.07) is 31.4. The number of hydrogen-bond acceptors (Lipinski definition) is 9. The third-order valence-corrected chi connectivity index (χ3v) is 8.34. The van der Waals surface area contributed by atoms with E-state index in [4.69, 9.17) is 9.47 Å². The zero-order valence-corrected chi connectivity index (χ0v) is 24.5. The molecule has 3 atom stereocenters. The summed E-state index contributed by atoms with van der Waals surface area (Å²) in [7, 11) is 0. The van der Waals surface area contributed by atoms with Crippen LogP contribution < -0.4 is 5.32 Å². The number of aliphatic hydroxyl groups is 1. The van der Waals surface area contributed by atoms with Crippen LogP contribution >= 0.6 is 11.8 Å². The molecule has 3 N–H and O–H groups in total. The highest BCUT2D eigenvalue weighted by molar-refractivity contribution is 7.99. The zero-order valence-electron chi connectivity index (χ0n) is 23.7. The first-order valence-electron chi connectivity index (χ1n) is 14.2. The second-order valence-corrected chi connectivity index (χ2v) is 11.3. The number of nitrogens with zero attached hydrogens (tertiary/aromatic N) is 4. The van der Waals surface area contributed by atoms with Crippen LogP contribution in [0.25, 0.3) is 5.69 Å². The van der Waals surface area contributed by atoms with Gasteiger partial charge in [-0.25, -0.2) is 0 Å². The van der Waals surface area contributed by atoms with Gasteiger partial charge in [-0.3, -0.25) is 4.79 Å². The summed E-state index contributed by atoms with van der Waals surface area (Å²) in [4.78, 5) is 12.5. The van der Waals surface area contributed by atoms with E-state index in [0.29, 0.717) is 29.4 Å². The Hall–Kier alpha value is -4.55. The molecule has 0 saturated carbocycles. The lowest BCUT2D eigenvalue weighted by Gasteiger charge is -2.36. The van der Waals surface area contributed by atoms with Crippen LogP contribution in [0.3, 0.4) is 0 Å². The fourth-order valence-corrected chi connectivity index (χ4v) is 5.79. The van der Waals surface area contributed by atoms with Gasteiger partial charge in [0.1, 0.15) is 5.75 Å². The van der Waals surface area contributed by atoms with E-state index in [1.807, 2.05) is 66.7 Å². The predicted molar refractivity (Wildman–Crippen MR) is 164 cm³/mol. The minimum Gasteiger partial charge on any atom is -0.508 e. The molecule has 10 nitrogen and oxygen atoms in total. The Labute approximate surface area is 258 Å². The van der Waals surface area contributed by atoms with Crippen molar-refractivity contribution in [2.45, 2.75) is 43.2 Å². The van der Waals surface area contributed by atoms with E-state index >= 15 is 0 Å². The van der Waals surface area contributed by atoms with Crippen LogP contribution in [0.15, 0.2) is 108 Å². The van der Waals surface area contributed by atoms with Crippen molar-refractivity contribution >= 4 is 17.7 Å². The molecule has 0 bridgehead atoms. The first-order chi connectivity index (χ1) is 21.6. The monoisotopic (exact) mass is 609 g/mol. The smallest absolute Gasteiger partial charge is 0.251 e. The van der Waals surface area contributed by atoms with Crippen LogP contribution in [-0.2, 0) is 22.6 Å². The van der Waals surface area contributed by atoms with Gasteiger partial charge < -0.3 is 25.0 Å². The molecule has 1 aliphatic heterocycles. The molecule has 224 valence electrons. The Balaban J connectivity index is 1.16. The Kier molecular flexibility index (Phi) is 9.28. The molecule has 1 fully saturated rings. The fourth-order valence-electron chi connectivity index (χ4n) is 4.88. The molecule has 1 amide bonds. The van der Waals surface area contributed by atoms with E-state index in [1.54, 1.807) is 41.1 Å². The number of aliphatic hydroxyl groups excluding tert-OH is 1. The van der Waals surface area contributed by atoms with Gasteiger partial charge in [-0.1, -0.05) is 78.5 Å². The molecule has 1 aliphatic rings. The van der Waals surface area contributed by atoms with Gasteiger partial charge in [-0.05, 0) is 63.5 Å². The summed E-state index contributed by atoms with van der Waals surface area (Å²) in [5.41, 5.74) is 5.01. The largest absolute Gasteiger partial charge is 0.508 e. The summed E-state index contributed by atoms with van der Waals surface area (Å²) in [5, 5.41) is 34.9. The molecule has 0 aliphatic carbocycles. The van der Waals surface area contributed by atoms with E-state index in [-0.39, 0.29) is 30.5 Å². The summed E-state index contributed by atoms with van der Waals surface area (Å²) >= 11 is 1.48. The number of rotatable bonds is 10. The van der Waals surface area contributed by atoms with Crippen LogP contribution in [0.4, 0.5) is 0 Å². The number of tetrazole rings is 1. The first kappa shape index (κ1) is 29.5. The average Bonchev–Trinajstić information content (AvgIpc) is 3.56. The normalized spacial score (nSPS) is 18.2. The van der Waals surface area contributed by atoms with Gasteiger partial charge in [-0.2, -0.15) is 4.68 Å². The van der Waals surface area contributed by atoms with Crippen molar-refractivity contribution in [1.29, 1.82) is 0 Å². The summed E-state index contributed by atoms with van der Waals surface area (Å²) in [5.74, 6) is 0.619. The Morgan fingerprint density at radius 1 is 0.886 bits per heavy atom. The molecule has 0 unspecified atom stereocenters. The van der Waals surface area contributed by atoms with E-state index < -0.39 is 6.29 Å². The lowest BCUT2D eigenvalue weighted by molar-refractivity contribution is -0.245. The predicted octanol–water partition coefficient (Wildman–Crippen LogP) is 5.13. The summed E-state index contributed by atoms with van der Waals surface area (Å²) in [6.45, 7) is 0.375. The highest BCUT2D eigenvalue weighted by Crippen LogP contribution is 2.39. The second-order valence-electron chi connectivity index (χ2n) is 10.3. The Morgan fingerprint density at radius 2 is 1.59 bits per heavy atom. The van der Waals surface area contributed by atoms with Crippen LogP contribution in [0, 0.1) is 0 Å². The van der Waals surface area contributed by atoms with Gasteiger partial charge in [0.25, 0.3) is 5.91 Å². The van der Waals surface area contributed by atoms with Crippen molar-refractivity contribution in [3.63, 3.8) is 0 Å². The van der Waals surface area contributed by atoms with Crippen LogP contribution in [0.1, 0.15) is 51.4 Å². The molecule has 44 heavy (non-hydrogen) atoms. The number of phenolic OH excluding ortho intramolecular Hbond substituents is 1. The quantitative estimate of drug-likeness (QED) is 0.185. The lowest BCUT2D eigenvalue weighted by Crippen LogP contribution is -2.31. The number of benzene rings is 4. The molecular weight excluding hydrogens is 578 g/mol. The molecular formula is C33H31N5O5S. The third-order valence-electron chi connectivity index (χ3n) is 7.29. The number of hydrogen-bond donors (Lipinski definition) is 3. The second kappa shape index (κ2) is 13.8. The first-order valence-corrected chi connectivity index (χ1v) is 15.2. The van der Waals surface area contributed by atoms with Gasteiger partial charge in [0, 0.05) is 29.8 Å². The minimum absolute atomic E-state index is 0.0231. The van der Waals surface area contributed by atoms with E-state index in [2.05, 4.69) is 20.8 Å². The van der Waals surface area contributed by atoms with Crippen molar-refractivity contribution < 1.29 is 24.5 Å². The van der Waals surface area contributed by atoms with Crippen LogP contribution in [0.5, 0.6) is 5.75 Å². The Morgan fingerprint density at radius 3 is 2.32 bits per heavy atom. The van der Waals surface area contributed by atoms with Crippen molar-refractivity contribution in [3.05, 3.63) is 131 Å². The zero-order chi connectivity index (χ0) is 30.3. The van der Waals surface area contributed by atoms with Crippen LogP contribution in [0.2, 0.25) is 0 Å². The highest BCUT2D eigenvalue weighted by atomic mass is 32.2. The number of amides is 1. The molecule has 1 aromatic heterocycles. The van der Waals surface area contributed by atoms with Gasteiger partial charge in [-0.15, -0.1) is 5.10 Å². The molecule has 4 aromatic carbocycles. The third kappa shape index (κ3) is 7.14. The molecule has 6 rings (SSSR count). The molecule has 5 aromatic rings. The van der Waals surface area contributed by atoms with Gasteiger partial charge in [0.05, 0.1) is 24.5 Å². The maximum Gasteiger partial charge on any atom is 0.251 e. The standard InChI is InChI=1S/C33H31N5O5S/c39-20-23-8-10-24(11-9-23)30-18-29(21-44-33-35-36-37-38(33)27-14-16-28(40)17-15-27)42-32(43-30)26-12-6-22(7-13-26)19-34-31(41)25-4-2-1-3-5-25/h1-17,29-30,32,39-40H,18-21H2,(H,34,41)/t29-,30+,32+/m1/s1. The number of ether oxygens (including phenoxy) is 2. The summed E-state index contributed by atoms with van der Waals surface area (Å²) < 4.78 is 14.6. The number of carbonyl (C=O) groups is 1. The van der Waals surface area contributed by atoms with Crippen molar-refractivity contribution in [2.75, 3.05) is 5.75 Å². The topological polar surface area (TPSA) is 132 Å². The number of carbonyl (C=O) groups excluding carboxylic acids is 1. The van der Waals surface area contributed by atoms with Crippen molar-refractivity contribution in [2.24, 2.45) is 0 Å². The fraction of sp³-hybridized carbons (Fsp3) is 0.212. The molecule has 0 spiro atoms. The molecule has 2 heterocycles. The molecule has 11 heteroatoms. The average molecular weight is 610 g/mol. The Bertz CT molecular complexity index is 1660. The van der Waals surface area contributed by atoms with Crippen LogP contribution in [-0.4, -0.2) is 48.2 Å². The van der Waals surface area contributed by atoms with E-state index in [0.717, 1.165) is 27.9 Å². The SMILES string of the molecule is O=C(NCc1ccc([C@H]2O[C@@H](CSc3nnnn3-c3ccc(O)cc3)C[C@@H](c3ccc(CO)cc3)O2)cc1)c1ccccc1. The van der Waals surface area contributed by atoms with E-state index in [1.165, 1.54) is 11.8 Å². The number of phenols is 1. The van der Waals surface area contributed by atoms with Crippen molar-refractivity contribution in [1.82, 2.24) is 25.5 Å². The number of aromatic hydroxyl groups is 1. The highest BCUT2D eigenvalue weighted by Gasteiger charge is 2.32. The lowest BCUT2D eigenvalue weighted by atomic mass is 10.0. The van der Waals surface area contributed by atoms with E-state index in [9.17, 15) is 15.0 Å².